The smallest absolute Gasteiger partial charge is 0.303 e. The van der Waals surface area contributed by atoms with Gasteiger partial charge in [0.2, 0.25) is 23.6 Å². The summed E-state index contributed by atoms with van der Waals surface area (Å²) in [7, 11) is 0. The van der Waals surface area contributed by atoms with Crippen molar-refractivity contribution in [2.45, 2.75) is 102 Å². The number of benzene rings is 1. The van der Waals surface area contributed by atoms with Gasteiger partial charge in [0.15, 0.2) is 0 Å². The maximum atomic E-state index is 13.8. The van der Waals surface area contributed by atoms with Crippen molar-refractivity contribution in [1.29, 1.82) is 0 Å². The van der Waals surface area contributed by atoms with Crippen LogP contribution in [0.1, 0.15) is 77.2 Å². The molecule has 0 spiro atoms. The average molecular weight is 543 g/mol. The molecule has 0 saturated carbocycles. The highest BCUT2D eigenvalue weighted by Crippen LogP contribution is 2.22. The predicted octanol–water partition coefficient (Wildman–Crippen LogP) is 2.16. The second-order valence-corrected chi connectivity index (χ2v) is 10.7. The number of rotatable bonds is 10. The van der Waals surface area contributed by atoms with Gasteiger partial charge in [-0.3, -0.25) is 24.0 Å². The van der Waals surface area contributed by atoms with Crippen LogP contribution in [-0.4, -0.2) is 70.3 Å². The van der Waals surface area contributed by atoms with Gasteiger partial charge in [0.25, 0.3) is 0 Å². The standard InChI is InChI=1S/C29H42N4O6/c1-3-19(2)25-29(39)33-17-11-10-15-23(33)28(38)30-21(14-8-5-9-16-24(34)35)26(36)31-22(27(37)32-25)18-20-12-6-4-7-13-20/h4,6-7,12-13,19,21-23,25H,3,5,8-11,14-18H2,1-2H3,(H,30,38)(H,31,36)(H,32,37)(H,34,35)/t19-,21-,22-,23-,25-/m0/s1. The Morgan fingerprint density at radius 2 is 1.64 bits per heavy atom. The molecular weight excluding hydrogens is 500 g/mol. The van der Waals surface area contributed by atoms with E-state index in [-0.39, 0.29) is 30.6 Å². The maximum absolute atomic E-state index is 13.8. The number of carbonyl (C=O) groups is 5. The highest BCUT2D eigenvalue weighted by molar-refractivity contribution is 5.97. The van der Waals surface area contributed by atoms with Gasteiger partial charge in [-0.2, -0.15) is 0 Å². The Labute approximate surface area is 230 Å². The van der Waals surface area contributed by atoms with Crippen molar-refractivity contribution in [3.8, 4) is 0 Å². The maximum Gasteiger partial charge on any atom is 0.303 e. The molecule has 2 heterocycles. The largest absolute Gasteiger partial charge is 0.481 e. The van der Waals surface area contributed by atoms with Crippen molar-refractivity contribution in [1.82, 2.24) is 20.9 Å². The van der Waals surface area contributed by atoms with Crippen LogP contribution in [0.5, 0.6) is 0 Å². The normalized spacial score (nSPS) is 25.3. The molecule has 2 aliphatic heterocycles. The fourth-order valence-corrected chi connectivity index (χ4v) is 5.25. The van der Waals surface area contributed by atoms with Crippen LogP contribution in [0.15, 0.2) is 30.3 Å². The van der Waals surface area contributed by atoms with E-state index in [1.54, 1.807) is 4.90 Å². The summed E-state index contributed by atoms with van der Waals surface area (Å²) in [6.07, 6.45) is 4.85. The molecule has 10 heteroatoms. The zero-order valence-electron chi connectivity index (χ0n) is 23.0. The van der Waals surface area contributed by atoms with Crippen molar-refractivity contribution in [3.63, 3.8) is 0 Å². The molecule has 1 aromatic carbocycles. The molecule has 5 atom stereocenters. The van der Waals surface area contributed by atoms with Crippen LogP contribution in [0.4, 0.5) is 0 Å². The van der Waals surface area contributed by atoms with Crippen molar-refractivity contribution >= 4 is 29.6 Å². The lowest BCUT2D eigenvalue weighted by atomic mass is 9.93. The molecule has 0 unspecified atom stereocenters. The molecule has 2 fully saturated rings. The second kappa shape index (κ2) is 14.6. The molecule has 39 heavy (non-hydrogen) atoms. The van der Waals surface area contributed by atoms with E-state index in [0.717, 1.165) is 18.4 Å². The number of aliphatic carboxylic acids is 1. The summed E-state index contributed by atoms with van der Waals surface area (Å²) in [6.45, 7) is 4.27. The minimum absolute atomic E-state index is 0.0407. The first kappa shape index (κ1) is 30.1. The van der Waals surface area contributed by atoms with Gasteiger partial charge in [-0.25, -0.2) is 0 Å². The summed E-state index contributed by atoms with van der Waals surface area (Å²) >= 11 is 0. The van der Waals surface area contributed by atoms with Crippen LogP contribution in [0, 0.1) is 5.92 Å². The van der Waals surface area contributed by atoms with E-state index in [4.69, 9.17) is 5.11 Å². The zero-order valence-corrected chi connectivity index (χ0v) is 23.0. The van der Waals surface area contributed by atoms with Gasteiger partial charge in [0.1, 0.15) is 24.2 Å². The number of hydrogen-bond acceptors (Lipinski definition) is 5. The number of carboxylic acids is 1. The average Bonchev–Trinajstić information content (AvgIpc) is 2.93. The minimum atomic E-state index is -0.942. The number of nitrogens with zero attached hydrogens (tertiary/aromatic N) is 1. The molecule has 4 N–H and O–H groups in total. The Morgan fingerprint density at radius 3 is 2.33 bits per heavy atom. The van der Waals surface area contributed by atoms with E-state index in [0.29, 0.717) is 45.1 Å². The Hall–Kier alpha value is -3.43. The summed E-state index contributed by atoms with van der Waals surface area (Å²) in [5.74, 6) is -2.59. The third-order valence-corrected chi connectivity index (χ3v) is 7.80. The molecule has 4 amide bonds. The molecule has 0 radical (unpaired) electrons. The first-order valence-corrected chi connectivity index (χ1v) is 14.2. The second-order valence-electron chi connectivity index (χ2n) is 10.7. The quantitative estimate of drug-likeness (QED) is 0.334. The number of fused-ring (bicyclic) bond motifs is 1. The number of nitrogens with one attached hydrogen (secondary N) is 3. The molecule has 1 aromatic rings. The van der Waals surface area contributed by atoms with Crippen LogP contribution in [0.25, 0.3) is 0 Å². The van der Waals surface area contributed by atoms with Gasteiger partial charge in [0.05, 0.1) is 0 Å². The van der Waals surface area contributed by atoms with Crippen LogP contribution in [0.3, 0.4) is 0 Å². The van der Waals surface area contributed by atoms with Crippen molar-refractivity contribution in [2.24, 2.45) is 5.92 Å². The Balaban J connectivity index is 1.91. The molecular formula is C29H42N4O6. The summed E-state index contributed by atoms with van der Waals surface area (Å²) in [5, 5.41) is 17.5. The predicted molar refractivity (Wildman–Crippen MR) is 145 cm³/mol. The van der Waals surface area contributed by atoms with Crippen LogP contribution in [-0.2, 0) is 30.4 Å². The van der Waals surface area contributed by atoms with Crippen molar-refractivity contribution in [3.05, 3.63) is 35.9 Å². The molecule has 0 aliphatic carbocycles. The molecule has 2 aliphatic rings. The molecule has 214 valence electrons. The van der Waals surface area contributed by atoms with Gasteiger partial charge < -0.3 is 26.0 Å². The zero-order chi connectivity index (χ0) is 28.4. The van der Waals surface area contributed by atoms with E-state index in [2.05, 4.69) is 16.0 Å². The summed E-state index contributed by atoms with van der Waals surface area (Å²) < 4.78 is 0. The summed E-state index contributed by atoms with van der Waals surface area (Å²) in [6, 6.07) is 5.94. The lowest BCUT2D eigenvalue weighted by Crippen LogP contribution is -2.64. The highest BCUT2D eigenvalue weighted by atomic mass is 16.4. The molecule has 10 nitrogen and oxygen atoms in total. The first-order valence-electron chi connectivity index (χ1n) is 14.2. The van der Waals surface area contributed by atoms with Gasteiger partial charge in [-0.05, 0) is 43.6 Å². The lowest BCUT2D eigenvalue weighted by Gasteiger charge is -2.39. The Morgan fingerprint density at radius 1 is 0.949 bits per heavy atom. The Kier molecular flexibility index (Phi) is 11.3. The SMILES string of the molecule is CC[C@H](C)[C@@H]1NC(=O)[C@H](Cc2ccccc2)NC(=O)[C@H](CCCCCC(=O)O)NC(=O)[C@@H]2CCCCN2C1=O. The van der Waals surface area contributed by atoms with Crippen LogP contribution >= 0.6 is 0 Å². The van der Waals surface area contributed by atoms with E-state index in [1.807, 2.05) is 44.2 Å². The summed E-state index contributed by atoms with van der Waals surface area (Å²) in [4.78, 5) is 66.8. The number of carbonyl (C=O) groups excluding carboxylic acids is 4. The topological polar surface area (TPSA) is 145 Å². The van der Waals surface area contributed by atoms with E-state index < -0.39 is 42.0 Å². The first-order chi connectivity index (χ1) is 18.7. The third-order valence-electron chi connectivity index (χ3n) is 7.80. The highest BCUT2D eigenvalue weighted by Gasteiger charge is 2.40. The minimum Gasteiger partial charge on any atom is -0.481 e. The Bertz CT molecular complexity index is 1020. The molecule has 0 aromatic heterocycles. The number of unbranched alkanes of at least 4 members (excludes halogenated alkanes) is 2. The van der Waals surface area contributed by atoms with Gasteiger partial charge in [-0.1, -0.05) is 63.4 Å². The van der Waals surface area contributed by atoms with E-state index in [9.17, 15) is 24.0 Å². The van der Waals surface area contributed by atoms with Gasteiger partial charge >= 0.3 is 5.97 Å². The fraction of sp³-hybridized carbons (Fsp3) is 0.621. The lowest BCUT2D eigenvalue weighted by molar-refractivity contribution is -0.147. The van der Waals surface area contributed by atoms with Crippen molar-refractivity contribution < 1.29 is 29.1 Å². The molecule has 3 rings (SSSR count). The van der Waals surface area contributed by atoms with Crippen LogP contribution in [0.2, 0.25) is 0 Å². The summed E-state index contributed by atoms with van der Waals surface area (Å²) in [5.41, 5.74) is 0.849. The van der Waals surface area contributed by atoms with Crippen LogP contribution < -0.4 is 16.0 Å². The monoisotopic (exact) mass is 542 g/mol. The molecule has 2 saturated heterocycles. The number of hydrogen-bond donors (Lipinski definition) is 4. The third kappa shape index (κ3) is 8.53. The van der Waals surface area contributed by atoms with Gasteiger partial charge in [0, 0.05) is 19.4 Å². The van der Waals surface area contributed by atoms with Crippen molar-refractivity contribution in [2.75, 3.05) is 6.54 Å². The fourth-order valence-electron chi connectivity index (χ4n) is 5.25. The van der Waals surface area contributed by atoms with E-state index in [1.165, 1.54) is 0 Å². The van der Waals surface area contributed by atoms with E-state index >= 15 is 0 Å². The van der Waals surface area contributed by atoms with Gasteiger partial charge in [-0.15, -0.1) is 0 Å². The number of piperidine rings is 1. The number of carboxylic acid groups (broad SMARTS) is 1. The molecule has 0 bridgehead atoms. The number of amides is 4.